The van der Waals surface area contributed by atoms with Crippen molar-refractivity contribution in [2.45, 2.75) is 6.92 Å². The van der Waals surface area contributed by atoms with Crippen LogP contribution in [0.1, 0.15) is 5.56 Å². The Morgan fingerprint density at radius 3 is 2.53 bits per heavy atom. The Bertz CT molecular complexity index is 754. The Balaban J connectivity index is 2.31. The van der Waals surface area contributed by atoms with E-state index in [9.17, 15) is 0 Å². The molecule has 0 radical (unpaired) electrons. The minimum atomic E-state index is 0.730. The van der Waals surface area contributed by atoms with Gasteiger partial charge in [0.25, 0.3) is 0 Å². The van der Waals surface area contributed by atoms with Gasteiger partial charge in [-0.25, -0.2) is 4.98 Å². The molecule has 0 aliphatic carbocycles. The Labute approximate surface area is 125 Å². The summed E-state index contributed by atoms with van der Waals surface area (Å²) in [5.41, 5.74) is 4.02. The molecule has 0 bridgehead atoms. The van der Waals surface area contributed by atoms with Crippen LogP contribution in [0.2, 0.25) is 5.02 Å². The lowest BCUT2D eigenvalue weighted by atomic mass is 10.1. The minimum absolute atomic E-state index is 0.730. The highest BCUT2D eigenvalue weighted by atomic mass is 79.9. The van der Waals surface area contributed by atoms with Gasteiger partial charge in [0.1, 0.15) is 0 Å². The predicted octanol–water partition coefficient (Wildman–Crippen LogP) is 5.63. The second-order valence-electron chi connectivity index (χ2n) is 4.50. The highest BCUT2D eigenvalue weighted by Gasteiger charge is 2.09. The number of benzene rings is 2. The van der Waals surface area contributed by atoms with Crippen LogP contribution < -0.4 is 0 Å². The van der Waals surface area contributed by atoms with Gasteiger partial charge in [0.2, 0.25) is 0 Å². The van der Waals surface area contributed by atoms with Gasteiger partial charge in [0.15, 0.2) is 0 Å². The van der Waals surface area contributed by atoms with Crippen LogP contribution in [0.3, 0.4) is 0 Å². The SMILES string of the molecule is Cc1cc(Br)c2nc(-c3ccccc3)cc(Cl)c2c1. The summed E-state index contributed by atoms with van der Waals surface area (Å²) >= 11 is 9.96. The van der Waals surface area contributed by atoms with Crippen molar-refractivity contribution in [3.05, 3.63) is 63.6 Å². The Hall–Kier alpha value is -1.38. The zero-order chi connectivity index (χ0) is 13.4. The van der Waals surface area contributed by atoms with E-state index in [1.165, 1.54) is 0 Å². The smallest absolute Gasteiger partial charge is 0.0866 e. The first kappa shape index (κ1) is 12.6. The minimum Gasteiger partial charge on any atom is -0.246 e. The summed E-state index contributed by atoms with van der Waals surface area (Å²) in [5.74, 6) is 0. The van der Waals surface area contributed by atoms with Gasteiger partial charge in [0, 0.05) is 15.4 Å². The molecule has 1 aromatic heterocycles. The average molecular weight is 333 g/mol. The lowest BCUT2D eigenvalue weighted by molar-refractivity contribution is 1.37. The molecular weight excluding hydrogens is 322 g/mol. The van der Waals surface area contributed by atoms with Crippen molar-refractivity contribution in [2.75, 3.05) is 0 Å². The van der Waals surface area contributed by atoms with Crippen molar-refractivity contribution in [3.8, 4) is 11.3 Å². The quantitative estimate of drug-likeness (QED) is 0.563. The maximum absolute atomic E-state index is 6.40. The van der Waals surface area contributed by atoms with Gasteiger partial charge in [-0.1, -0.05) is 41.9 Å². The third-order valence-electron chi connectivity index (χ3n) is 3.03. The lowest BCUT2D eigenvalue weighted by Crippen LogP contribution is -1.88. The molecule has 0 spiro atoms. The number of fused-ring (bicyclic) bond motifs is 1. The number of halogens is 2. The van der Waals surface area contributed by atoms with Crippen LogP contribution in [0.4, 0.5) is 0 Å². The Morgan fingerprint density at radius 2 is 1.79 bits per heavy atom. The fourth-order valence-corrected chi connectivity index (χ4v) is 3.05. The van der Waals surface area contributed by atoms with E-state index in [-0.39, 0.29) is 0 Å². The van der Waals surface area contributed by atoms with Crippen LogP contribution in [-0.2, 0) is 0 Å². The largest absolute Gasteiger partial charge is 0.246 e. The van der Waals surface area contributed by atoms with E-state index in [1.54, 1.807) is 0 Å². The summed E-state index contributed by atoms with van der Waals surface area (Å²) in [7, 11) is 0. The molecule has 0 aliphatic heterocycles. The van der Waals surface area contributed by atoms with Gasteiger partial charge in [-0.05, 0) is 46.6 Å². The third-order valence-corrected chi connectivity index (χ3v) is 3.95. The van der Waals surface area contributed by atoms with Gasteiger partial charge in [0.05, 0.1) is 16.2 Å². The normalized spacial score (nSPS) is 10.9. The van der Waals surface area contributed by atoms with Gasteiger partial charge in [-0.2, -0.15) is 0 Å². The monoisotopic (exact) mass is 331 g/mol. The van der Waals surface area contributed by atoms with Crippen LogP contribution in [0.5, 0.6) is 0 Å². The molecule has 0 saturated heterocycles. The fourth-order valence-electron chi connectivity index (χ4n) is 2.14. The topological polar surface area (TPSA) is 12.9 Å². The van der Waals surface area contributed by atoms with Gasteiger partial charge in [-0.15, -0.1) is 0 Å². The number of pyridine rings is 1. The molecule has 0 amide bonds. The summed E-state index contributed by atoms with van der Waals surface area (Å²) < 4.78 is 0.974. The molecule has 2 aromatic carbocycles. The molecule has 0 fully saturated rings. The fraction of sp³-hybridized carbons (Fsp3) is 0.0625. The zero-order valence-corrected chi connectivity index (χ0v) is 12.7. The van der Waals surface area contributed by atoms with Gasteiger partial charge >= 0.3 is 0 Å². The highest BCUT2D eigenvalue weighted by Crippen LogP contribution is 2.32. The Morgan fingerprint density at radius 1 is 1.05 bits per heavy atom. The van der Waals surface area contributed by atoms with E-state index in [0.29, 0.717) is 0 Å². The number of aryl methyl sites for hydroxylation is 1. The van der Waals surface area contributed by atoms with Crippen molar-refractivity contribution in [3.63, 3.8) is 0 Å². The third kappa shape index (κ3) is 2.38. The summed E-state index contributed by atoms with van der Waals surface area (Å²) in [6.45, 7) is 2.05. The molecule has 3 heteroatoms. The second kappa shape index (κ2) is 4.95. The molecule has 0 aliphatic rings. The number of hydrogen-bond acceptors (Lipinski definition) is 1. The van der Waals surface area contributed by atoms with Gasteiger partial charge < -0.3 is 0 Å². The van der Waals surface area contributed by atoms with Crippen LogP contribution in [0, 0.1) is 6.92 Å². The molecule has 0 unspecified atom stereocenters. The molecule has 3 aromatic rings. The van der Waals surface area contributed by atoms with E-state index >= 15 is 0 Å². The molecule has 0 N–H and O–H groups in total. The van der Waals surface area contributed by atoms with E-state index < -0.39 is 0 Å². The van der Waals surface area contributed by atoms with Gasteiger partial charge in [-0.3, -0.25) is 0 Å². The first-order valence-electron chi connectivity index (χ1n) is 5.97. The molecule has 0 saturated carbocycles. The summed E-state index contributed by atoms with van der Waals surface area (Å²) in [6.07, 6.45) is 0. The number of rotatable bonds is 1. The summed E-state index contributed by atoms with van der Waals surface area (Å²) in [6, 6.07) is 16.1. The van der Waals surface area contributed by atoms with Crippen molar-refractivity contribution >= 4 is 38.4 Å². The maximum Gasteiger partial charge on any atom is 0.0866 e. The van der Waals surface area contributed by atoms with Crippen LogP contribution in [0.15, 0.2) is 53.0 Å². The standard InChI is InChI=1S/C16H11BrClN/c1-10-7-12-14(18)9-15(11-5-3-2-4-6-11)19-16(12)13(17)8-10/h2-9H,1H3. The second-order valence-corrected chi connectivity index (χ2v) is 5.76. The highest BCUT2D eigenvalue weighted by molar-refractivity contribution is 9.10. The zero-order valence-electron chi connectivity index (χ0n) is 10.3. The average Bonchev–Trinajstić information content (AvgIpc) is 2.41. The van der Waals surface area contributed by atoms with Crippen LogP contribution >= 0.6 is 27.5 Å². The number of hydrogen-bond donors (Lipinski definition) is 0. The molecule has 3 rings (SSSR count). The Kier molecular flexibility index (Phi) is 3.29. The number of aromatic nitrogens is 1. The van der Waals surface area contributed by atoms with E-state index in [1.807, 2.05) is 43.3 Å². The first-order chi connectivity index (χ1) is 9.15. The van der Waals surface area contributed by atoms with Crippen LogP contribution in [0.25, 0.3) is 22.2 Å². The first-order valence-corrected chi connectivity index (χ1v) is 7.14. The molecule has 1 nitrogen and oxygen atoms in total. The van der Waals surface area contributed by atoms with Crippen LogP contribution in [-0.4, -0.2) is 4.98 Å². The molecule has 1 heterocycles. The lowest BCUT2D eigenvalue weighted by Gasteiger charge is -2.08. The number of nitrogens with zero attached hydrogens (tertiary/aromatic N) is 1. The molecule has 0 atom stereocenters. The van der Waals surface area contributed by atoms with Crippen molar-refractivity contribution < 1.29 is 0 Å². The maximum atomic E-state index is 6.40. The molecule has 94 valence electrons. The van der Waals surface area contributed by atoms with Crippen molar-refractivity contribution in [2.24, 2.45) is 0 Å². The van der Waals surface area contributed by atoms with E-state index in [2.05, 4.69) is 28.1 Å². The van der Waals surface area contributed by atoms with Crippen molar-refractivity contribution in [1.29, 1.82) is 0 Å². The summed E-state index contributed by atoms with van der Waals surface area (Å²) in [5, 5.41) is 1.71. The predicted molar refractivity (Wildman–Crippen MR) is 84.6 cm³/mol. The summed E-state index contributed by atoms with van der Waals surface area (Å²) in [4.78, 5) is 4.72. The molecule has 19 heavy (non-hydrogen) atoms. The van der Waals surface area contributed by atoms with Crippen molar-refractivity contribution in [1.82, 2.24) is 4.98 Å². The van der Waals surface area contributed by atoms with E-state index in [0.717, 1.165) is 37.2 Å². The molecular formula is C16H11BrClN. The van der Waals surface area contributed by atoms with E-state index in [4.69, 9.17) is 16.6 Å².